The average Bonchev–Trinajstić information content (AvgIpc) is 2.68. The number of nitrogens with zero attached hydrogens (tertiary/aromatic N) is 1. The van der Waals surface area contributed by atoms with Crippen LogP contribution in [0.4, 0.5) is 0 Å². The van der Waals surface area contributed by atoms with Crippen molar-refractivity contribution < 1.29 is 4.74 Å². The first kappa shape index (κ1) is 11.0. The van der Waals surface area contributed by atoms with Crippen molar-refractivity contribution in [2.24, 2.45) is 11.7 Å². The monoisotopic (exact) mass is 186 g/mol. The molecule has 13 heavy (non-hydrogen) atoms. The van der Waals surface area contributed by atoms with Gasteiger partial charge in [0.2, 0.25) is 0 Å². The van der Waals surface area contributed by atoms with Gasteiger partial charge in [-0.25, -0.2) is 0 Å². The largest absolute Gasteiger partial charge is 0.381 e. The van der Waals surface area contributed by atoms with Gasteiger partial charge in [-0.1, -0.05) is 6.92 Å². The first-order chi connectivity index (χ1) is 6.15. The Morgan fingerprint density at radius 1 is 1.62 bits per heavy atom. The van der Waals surface area contributed by atoms with E-state index in [1.54, 1.807) is 0 Å². The zero-order valence-corrected chi connectivity index (χ0v) is 9.05. The molecule has 0 aromatic heterocycles. The van der Waals surface area contributed by atoms with Gasteiger partial charge < -0.3 is 10.5 Å². The average molecular weight is 186 g/mol. The van der Waals surface area contributed by atoms with Crippen LogP contribution in [0.25, 0.3) is 0 Å². The van der Waals surface area contributed by atoms with Crippen LogP contribution in [-0.2, 0) is 4.74 Å². The fraction of sp³-hybridized carbons (Fsp3) is 1.00. The molecule has 0 spiro atoms. The van der Waals surface area contributed by atoms with Crippen molar-refractivity contribution in [1.29, 1.82) is 0 Å². The van der Waals surface area contributed by atoms with Crippen LogP contribution in [-0.4, -0.2) is 43.8 Å². The molecule has 2 N–H and O–H groups in total. The highest BCUT2D eigenvalue weighted by Gasteiger charge is 2.38. The van der Waals surface area contributed by atoms with E-state index in [-0.39, 0.29) is 5.54 Å². The molecular weight excluding hydrogens is 164 g/mol. The van der Waals surface area contributed by atoms with Crippen molar-refractivity contribution in [1.82, 2.24) is 4.90 Å². The number of rotatable bonds is 4. The third-order valence-corrected chi connectivity index (χ3v) is 3.57. The van der Waals surface area contributed by atoms with Crippen molar-refractivity contribution >= 4 is 0 Å². The number of likely N-dealkylation sites (N-methyl/N-ethyl adjacent to an activating group) is 1. The van der Waals surface area contributed by atoms with Crippen LogP contribution >= 0.6 is 0 Å². The predicted octanol–water partition coefficient (Wildman–Crippen LogP) is 0.692. The maximum Gasteiger partial charge on any atom is 0.0513 e. The fourth-order valence-corrected chi connectivity index (χ4v) is 2.02. The summed E-state index contributed by atoms with van der Waals surface area (Å²) in [6.07, 6.45) is 1.15. The van der Waals surface area contributed by atoms with Gasteiger partial charge in [0.25, 0.3) is 0 Å². The Hall–Kier alpha value is -0.120. The molecule has 0 aromatic rings. The molecule has 0 bridgehead atoms. The Morgan fingerprint density at radius 3 is 2.69 bits per heavy atom. The van der Waals surface area contributed by atoms with Gasteiger partial charge in [0.15, 0.2) is 0 Å². The molecule has 78 valence electrons. The first-order valence-corrected chi connectivity index (χ1v) is 5.14. The Labute approximate surface area is 81.2 Å². The number of hydrogen-bond acceptors (Lipinski definition) is 3. The smallest absolute Gasteiger partial charge is 0.0513 e. The molecule has 2 atom stereocenters. The van der Waals surface area contributed by atoms with Gasteiger partial charge >= 0.3 is 0 Å². The number of hydrogen-bond donors (Lipinski definition) is 1. The SMILES string of the molecule is CCN(C)C(C)(CN)C1CCOC1. The van der Waals surface area contributed by atoms with E-state index in [1.807, 2.05) is 0 Å². The summed E-state index contributed by atoms with van der Waals surface area (Å²) in [5, 5.41) is 0. The van der Waals surface area contributed by atoms with E-state index in [0.717, 1.165) is 26.2 Å². The van der Waals surface area contributed by atoms with E-state index in [0.29, 0.717) is 12.5 Å². The van der Waals surface area contributed by atoms with E-state index in [1.165, 1.54) is 0 Å². The van der Waals surface area contributed by atoms with Gasteiger partial charge in [0.1, 0.15) is 0 Å². The molecule has 0 aromatic carbocycles. The lowest BCUT2D eigenvalue weighted by molar-refractivity contribution is 0.0711. The van der Waals surface area contributed by atoms with Crippen molar-refractivity contribution in [2.75, 3.05) is 33.4 Å². The van der Waals surface area contributed by atoms with Crippen LogP contribution in [0.1, 0.15) is 20.3 Å². The normalized spacial score (nSPS) is 27.9. The van der Waals surface area contributed by atoms with Crippen LogP contribution < -0.4 is 5.73 Å². The zero-order chi connectivity index (χ0) is 9.90. The minimum absolute atomic E-state index is 0.116. The van der Waals surface area contributed by atoms with Gasteiger partial charge in [-0.2, -0.15) is 0 Å². The summed E-state index contributed by atoms with van der Waals surface area (Å²) in [5.74, 6) is 0.599. The lowest BCUT2D eigenvalue weighted by atomic mass is 9.83. The highest BCUT2D eigenvalue weighted by molar-refractivity contribution is 4.93. The second-order valence-electron chi connectivity index (χ2n) is 4.14. The molecule has 3 nitrogen and oxygen atoms in total. The summed E-state index contributed by atoms with van der Waals surface area (Å²) < 4.78 is 5.42. The topological polar surface area (TPSA) is 38.5 Å². The summed E-state index contributed by atoms with van der Waals surface area (Å²) in [5.41, 5.74) is 5.98. The quantitative estimate of drug-likeness (QED) is 0.702. The van der Waals surface area contributed by atoms with Gasteiger partial charge in [0.05, 0.1) is 6.61 Å². The minimum Gasteiger partial charge on any atom is -0.381 e. The second-order valence-corrected chi connectivity index (χ2v) is 4.14. The third-order valence-electron chi connectivity index (χ3n) is 3.57. The summed E-state index contributed by atoms with van der Waals surface area (Å²) in [6, 6.07) is 0. The summed E-state index contributed by atoms with van der Waals surface area (Å²) in [6.45, 7) is 7.95. The third kappa shape index (κ3) is 2.03. The van der Waals surface area contributed by atoms with Crippen LogP contribution in [0.2, 0.25) is 0 Å². The number of nitrogens with two attached hydrogens (primary N) is 1. The Kier molecular flexibility index (Phi) is 3.71. The summed E-state index contributed by atoms with van der Waals surface area (Å²) in [7, 11) is 2.14. The molecule has 1 aliphatic heterocycles. The van der Waals surface area contributed by atoms with Crippen molar-refractivity contribution in [3.05, 3.63) is 0 Å². The molecule has 1 rings (SSSR count). The van der Waals surface area contributed by atoms with E-state index >= 15 is 0 Å². The summed E-state index contributed by atoms with van der Waals surface area (Å²) >= 11 is 0. The lowest BCUT2D eigenvalue weighted by Gasteiger charge is -2.41. The maximum absolute atomic E-state index is 5.87. The molecule has 0 radical (unpaired) electrons. The maximum atomic E-state index is 5.87. The van der Waals surface area contributed by atoms with Crippen LogP contribution in [0, 0.1) is 5.92 Å². The number of ether oxygens (including phenoxy) is 1. The fourth-order valence-electron chi connectivity index (χ4n) is 2.02. The van der Waals surface area contributed by atoms with Crippen LogP contribution in [0.15, 0.2) is 0 Å². The second kappa shape index (κ2) is 4.40. The standard InChI is InChI=1S/C10H22N2O/c1-4-12(3)10(2,8-11)9-5-6-13-7-9/h9H,4-8,11H2,1-3H3. The van der Waals surface area contributed by atoms with Gasteiger partial charge in [-0.05, 0) is 26.9 Å². The van der Waals surface area contributed by atoms with Gasteiger partial charge in [-0.3, -0.25) is 4.90 Å². The van der Waals surface area contributed by atoms with Gasteiger partial charge in [-0.15, -0.1) is 0 Å². The van der Waals surface area contributed by atoms with Crippen molar-refractivity contribution in [2.45, 2.75) is 25.8 Å². The van der Waals surface area contributed by atoms with E-state index in [9.17, 15) is 0 Å². The molecule has 0 amide bonds. The minimum atomic E-state index is 0.116. The Balaban J connectivity index is 2.66. The summed E-state index contributed by atoms with van der Waals surface area (Å²) in [4.78, 5) is 2.34. The van der Waals surface area contributed by atoms with E-state index in [2.05, 4.69) is 25.8 Å². The molecule has 0 aliphatic carbocycles. The Bertz CT molecular complexity index is 157. The van der Waals surface area contributed by atoms with Crippen molar-refractivity contribution in [3.63, 3.8) is 0 Å². The van der Waals surface area contributed by atoms with Crippen molar-refractivity contribution in [3.8, 4) is 0 Å². The van der Waals surface area contributed by atoms with Crippen LogP contribution in [0.3, 0.4) is 0 Å². The molecule has 1 fully saturated rings. The molecule has 1 heterocycles. The molecule has 1 saturated heterocycles. The highest BCUT2D eigenvalue weighted by Crippen LogP contribution is 2.29. The Morgan fingerprint density at radius 2 is 2.31 bits per heavy atom. The molecule has 3 heteroatoms. The molecule has 0 saturated carbocycles. The zero-order valence-electron chi connectivity index (χ0n) is 9.05. The van der Waals surface area contributed by atoms with Gasteiger partial charge in [0, 0.05) is 24.6 Å². The molecule has 1 aliphatic rings. The van der Waals surface area contributed by atoms with Crippen LogP contribution in [0.5, 0.6) is 0 Å². The van der Waals surface area contributed by atoms with E-state index < -0.39 is 0 Å². The van der Waals surface area contributed by atoms with E-state index in [4.69, 9.17) is 10.5 Å². The first-order valence-electron chi connectivity index (χ1n) is 5.14. The molecular formula is C10H22N2O. The highest BCUT2D eigenvalue weighted by atomic mass is 16.5. The predicted molar refractivity (Wildman–Crippen MR) is 54.7 cm³/mol. The lowest BCUT2D eigenvalue weighted by Crippen LogP contribution is -2.55. The molecule has 2 unspecified atom stereocenters.